The van der Waals surface area contributed by atoms with E-state index in [2.05, 4.69) is 15.3 Å². The van der Waals surface area contributed by atoms with Crippen molar-refractivity contribution in [1.29, 1.82) is 0 Å². The maximum Gasteiger partial charge on any atom is 0.321 e. The van der Waals surface area contributed by atoms with Gasteiger partial charge in [0.1, 0.15) is 11.6 Å². The number of hydrogen-bond donors (Lipinski definition) is 1. The van der Waals surface area contributed by atoms with Crippen LogP contribution in [0.2, 0.25) is 0 Å². The minimum absolute atomic E-state index is 0.273. The molecule has 1 saturated carbocycles. The fourth-order valence-corrected chi connectivity index (χ4v) is 1.86. The van der Waals surface area contributed by atoms with E-state index in [1.807, 2.05) is 0 Å². The van der Waals surface area contributed by atoms with Gasteiger partial charge >= 0.3 is 6.01 Å². The van der Waals surface area contributed by atoms with Gasteiger partial charge in [0.05, 0.1) is 0 Å². The molecule has 0 spiro atoms. The van der Waals surface area contributed by atoms with E-state index in [0.717, 1.165) is 12.1 Å². The van der Waals surface area contributed by atoms with Gasteiger partial charge in [-0.25, -0.2) is 14.4 Å². The molecule has 0 amide bonds. The fraction of sp³-hybridized carbons (Fsp3) is 0.333. The van der Waals surface area contributed by atoms with Crippen LogP contribution in [0.25, 0.3) is 0 Å². The molecular formula is C15H16FN3O. The van der Waals surface area contributed by atoms with Gasteiger partial charge in [0.2, 0.25) is 0 Å². The molecule has 1 aliphatic carbocycles. The van der Waals surface area contributed by atoms with Crippen LogP contribution < -0.4 is 10.1 Å². The molecule has 5 heteroatoms. The SMILES string of the molecule is Cc1cc(F)ccc1Oc1ncc(CNC2CC2)cn1. The Kier molecular flexibility index (Phi) is 3.60. The van der Waals surface area contributed by atoms with Gasteiger partial charge in [-0.15, -0.1) is 0 Å². The highest BCUT2D eigenvalue weighted by molar-refractivity contribution is 5.34. The Morgan fingerprint density at radius 1 is 1.30 bits per heavy atom. The highest BCUT2D eigenvalue weighted by Gasteiger charge is 2.20. The van der Waals surface area contributed by atoms with E-state index < -0.39 is 0 Å². The van der Waals surface area contributed by atoms with Crippen molar-refractivity contribution in [3.05, 3.63) is 47.5 Å². The van der Waals surface area contributed by atoms with Crippen LogP contribution in [-0.4, -0.2) is 16.0 Å². The number of benzene rings is 1. The summed E-state index contributed by atoms with van der Waals surface area (Å²) in [5, 5.41) is 3.39. The molecule has 1 aromatic carbocycles. The van der Waals surface area contributed by atoms with Crippen LogP contribution >= 0.6 is 0 Å². The van der Waals surface area contributed by atoms with Crippen molar-refractivity contribution >= 4 is 0 Å². The number of ether oxygens (including phenoxy) is 1. The quantitative estimate of drug-likeness (QED) is 0.909. The Morgan fingerprint density at radius 3 is 2.70 bits per heavy atom. The lowest BCUT2D eigenvalue weighted by Crippen LogP contribution is -2.15. The van der Waals surface area contributed by atoms with Crippen LogP contribution in [0, 0.1) is 12.7 Å². The Hall–Kier alpha value is -2.01. The van der Waals surface area contributed by atoms with E-state index in [9.17, 15) is 4.39 Å². The minimum Gasteiger partial charge on any atom is -0.424 e. The summed E-state index contributed by atoms with van der Waals surface area (Å²) < 4.78 is 18.5. The molecule has 1 fully saturated rings. The van der Waals surface area contributed by atoms with E-state index >= 15 is 0 Å². The summed E-state index contributed by atoms with van der Waals surface area (Å²) in [4.78, 5) is 8.34. The zero-order chi connectivity index (χ0) is 13.9. The summed E-state index contributed by atoms with van der Waals surface area (Å²) in [5.74, 6) is 0.285. The second-order valence-electron chi connectivity index (χ2n) is 5.04. The molecule has 0 saturated heterocycles. The summed E-state index contributed by atoms with van der Waals surface area (Å²) in [5.41, 5.74) is 1.74. The molecule has 1 heterocycles. The number of aromatic nitrogens is 2. The van der Waals surface area contributed by atoms with Crippen LogP contribution in [-0.2, 0) is 6.54 Å². The van der Waals surface area contributed by atoms with Crippen molar-refractivity contribution in [2.24, 2.45) is 0 Å². The van der Waals surface area contributed by atoms with Gasteiger partial charge in [-0.3, -0.25) is 0 Å². The molecule has 4 nitrogen and oxygen atoms in total. The first-order valence-electron chi connectivity index (χ1n) is 6.69. The molecule has 0 aliphatic heterocycles. The largest absolute Gasteiger partial charge is 0.424 e. The van der Waals surface area contributed by atoms with Gasteiger partial charge < -0.3 is 10.1 Å². The zero-order valence-electron chi connectivity index (χ0n) is 11.3. The zero-order valence-corrected chi connectivity index (χ0v) is 11.3. The third kappa shape index (κ3) is 3.30. The fourth-order valence-electron chi connectivity index (χ4n) is 1.86. The molecule has 1 aliphatic rings. The average Bonchev–Trinajstić information content (AvgIpc) is 3.25. The van der Waals surface area contributed by atoms with Gasteiger partial charge in [0.15, 0.2) is 0 Å². The van der Waals surface area contributed by atoms with E-state index in [-0.39, 0.29) is 11.8 Å². The third-order valence-electron chi connectivity index (χ3n) is 3.19. The number of aryl methyl sites for hydroxylation is 1. The van der Waals surface area contributed by atoms with E-state index in [1.165, 1.54) is 25.0 Å². The molecule has 104 valence electrons. The van der Waals surface area contributed by atoms with Gasteiger partial charge in [-0.05, 0) is 43.5 Å². The van der Waals surface area contributed by atoms with Crippen molar-refractivity contribution in [3.8, 4) is 11.8 Å². The van der Waals surface area contributed by atoms with E-state index in [1.54, 1.807) is 25.4 Å². The van der Waals surface area contributed by atoms with Crippen molar-refractivity contribution in [3.63, 3.8) is 0 Å². The first-order valence-corrected chi connectivity index (χ1v) is 6.69. The predicted molar refractivity (Wildman–Crippen MR) is 73.1 cm³/mol. The van der Waals surface area contributed by atoms with Crippen molar-refractivity contribution in [2.75, 3.05) is 0 Å². The summed E-state index contributed by atoms with van der Waals surface area (Å²) >= 11 is 0. The normalized spacial score (nSPS) is 14.3. The Balaban J connectivity index is 1.64. The highest BCUT2D eigenvalue weighted by atomic mass is 19.1. The molecule has 20 heavy (non-hydrogen) atoms. The molecular weight excluding hydrogens is 257 g/mol. The first kappa shape index (κ1) is 13.0. The summed E-state index contributed by atoms with van der Waals surface area (Å²) in [7, 11) is 0. The number of rotatable bonds is 5. The topological polar surface area (TPSA) is 47.0 Å². The van der Waals surface area contributed by atoms with Gasteiger partial charge in [-0.1, -0.05) is 0 Å². The van der Waals surface area contributed by atoms with Gasteiger partial charge in [-0.2, -0.15) is 0 Å². The molecule has 3 rings (SSSR count). The van der Waals surface area contributed by atoms with Crippen molar-refractivity contribution < 1.29 is 9.13 Å². The second kappa shape index (κ2) is 5.54. The summed E-state index contributed by atoms with van der Waals surface area (Å²) in [6.45, 7) is 2.56. The number of halogens is 1. The molecule has 0 atom stereocenters. The Bertz CT molecular complexity index is 597. The number of hydrogen-bond acceptors (Lipinski definition) is 4. The van der Waals surface area contributed by atoms with Crippen molar-refractivity contribution in [2.45, 2.75) is 32.4 Å². The molecule has 1 aromatic heterocycles. The first-order chi connectivity index (χ1) is 9.70. The number of nitrogens with one attached hydrogen (secondary N) is 1. The molecule has 0 unspecified atom stereocenters. The maximum atomic E-state index is 13.0. The van der Waals surface area contributed by atoms with Crippen LogP contribution in [0.15, 0.2) is 30.6 Å². The van der Waals surface area contributed by atoms with Crippen molar-refractivity contribution in [1.82, 2.24) is 15.3 Å². The second-order valence-corrected chi connectivity index (χ2v) is 5.04. The molecule has 0 radical (unpaired) electrons. The summed E-state index contributed by atoms with van der Waals surface area (Å²) in [6.07, 6.45) is 6.00. The highest BCUT2D eigenvalue weighted by Crippen LogP contribution is 2.23. The van der Waals surface area contributed by atoms with E-state index in [0.29, 0.717) is 17.4 Å². The van der Waals surface area contributed by atoms with Gasteiger partial charge in [0.25, 0.3) is 0 Å². The standard InChI is InChI=1S/C15H16FN3O/c1-10-6-12(16)2-5-14(10)20-15-18-8-11(9-19-15)7-17-13-3-4-13/h2,5-6,8-9,13,17H,3-4,7H2,1H3. The molecule has 2 aromatic rings. The average molecular weight is 273 g/mol. The lowest BCUT2D eigenvalue weighted by molar-refractivity contribution is 0.436. The number of nitrogens with zero attached hydrogens (tertiary/aromatic N) is 2. The van der Waals surface area contributed by atoms with Gasteiger partial charge in [0, 0.05) is 30.5 Å². The van der Waals surface area contributed by atoms with Crippen LogP contribution in [0.4, 0.5) is 4.39 Å². The Labute approximate surface area is 117 Å². The molecule has 0 bridgehead atoms. The summed E-state index contributed by atoms with van der Waals surface area (Å²) in [6, 6.07) is 5.29. The molecule has 1 N–H and O–H groups in total. The third-order valence-corrected chi connectivity index (χ3v) is 3.19. The monoisotopic (exact) mass is 273 g/mol. The van der Waals surface area contributed by atoms with Crippen LogP contribution in [0.3, 0.4) is 0 Å². The maximum absolute atomic E-state index is 13.0. The smallest absolute Gasteiger partial charge is 0.321 e. The lowest BCUT2D eigenvalue weighted by Gasteiger charge is -2.07. The van der Waals surface area contributed by atoms with Crippen LogP contribution in [0.5, 0.6) is 11.8 Å². The van der Waals surface area contributed by atoms with E-state index in [4.69, 9.17) is 4.74 Å². The minimum atomic E-state index is -0.280. The lowest BCUT2D eigenvalue weighted by atomic mass is 10.2. The van der Waals surface area contributed by atoms with Crippen LogP contribution in [0.1, 0.15) is 24.0 Å². The Morgan fingerprint density at radius 2 is 2.05 bits per heavy atom. The predicted octanol–water partition coefficient (Wildman–Crippen LogP) is 2.97.